The van der Waals surface area contributed by atoms with Gasteiger partial charge in [0.15, 0.2) is 5.96 Å². The van der Waals surface area contributed by atoms with E-state index in [2.05, 4.69) is 20.9 Å². The zero-order valence-electron chi connectivity index (χ0n) is 11.6. The van der Waals surface area contributed by atoms with Gasteiger partial charge in [-0.2, -0.15) is 0 Å². The summed E-state index contributed by atoms with van der Waals surface area (Å²) in [6, 6.07) is 0.934. The third-order valence-electron chi connectivity index (χ3n) is 3.53. The van der Waals surface area contributed by atoms with Crippen LogP contribution in [0.3, 0.4) is 0 Å². The van der Waals surface area contributed by atoms with E-state index in [-0.39, 0.29) is 29.9 Å². The molecule has 5 nitrogen and oxygen atoms in total. The first-order chi connectivity index (χ1) is 8.78. The largest absolute Gasteiger partial charge is 0.354 e. The van der Waals surface area contributed by atoms with E-state index in [1.54, 1.807) is 7.05 Å². The highest BCUT2D eigenvalue weighted by atomic mass is 127. The molecule has 2 saturated carbocycles. The number of carbonyl (C=O) groups excluding carboxylic acids is 1. The molecule has 0 heterocycles. The van der Waals surface area contributed by atoms with Gasteiger partial charge in [0.05, 0.1) is 6.54 Å². The number of amides is 1. The topological polar surface area (TPSA) is 65.5 Å². The molecule has 0 atom stereocenters. The minimum Gasteiger partial charge on any atom is -0.354 e. The fourth-order valence-electron chi connectivity index (χ4n) is 2.31. The summed E-state index contributed by atoms with van der Waals surface area (Å²) in [7, 11) is 1.75. The third kappa shape index (κ3) is 6.44. The van der Waals surface area contributed by atoms with Gasteiger partial charge < -0.3 is 16.0 Å². The van der Waals surface area contributed by atoms with Crippen molar-refractivity contribution in [1.29, 1.82) is 0 Å². The summed E-state index contributed by atoms with van der Waals surface area (Å²) in [6.45, 7) is 0.308. The molecule has 3 N–H and O–H groups in total. The fraction of sp³-hybridized carbons (Fsp3) is 0.846. The maximum absolute atomic E-state index is 11.5. The molecular formula is C13H25IN4O. The number of hydrogen-bond acceptors (Lipinski definition) is 2. The number of hydrogen-bond donors (Lipinski definition) is 3. The maximum atomic E-state index is 11.5. The lowest BCUT2D eigenvalue weighted by molar-refractivity contribution is -0.120. The first kappa shape index (κ1) is 16.5. The smallest absolute Gasteiger partial charge is 0.239 e. The van der Waals surface area contributed by atoms with Crippen LogP contribution in [-0.2, 0) is 4.79 Å². The predicted molar refractivity (Wildman–Crippen MR) is 88.0 cm³/mol. The van der Waals surface area contributed by atoms with E-state index in [1.165, 1.54) is 32.1 Å². The fourth-order valence-corrected chi connectivity index (χ4v) is 2.31. The van der Waals surface area contributed by atoms with Crippen LogP contribution >= 0.6 is 24.0 Å². The molecule has 0 aromatic carbocycles. The normalized spacial score (nSPS) is 20.4. The second kappa shape index (κ2) is 8.60. The van der Waals surface area contributed by atoms with Gasteiger partial charge >= 0.3 is 0 Å². The van der Waals surface area contributed by atoms with Crippen LogP contribution in [-0.4, -0.2) is 37.5 Å². The Morgan fingerprint density at radius 2 is 1.68 bits per heavy atom. The van der Waals surface area contributed by atoms with Gasteiger partial charge in [-0.3, -0.25) is 9.79 Å². The van der Waals surface area contributed by atoms with Crippen LogP contribution < -0.4 is 16.0 Å². The van der Waals surface area contributed by atoms with Crippen molar-refractivity contribution in [3.8, 4) is 0 Å². The van der Waals surface area contributed by atoms with Gasteiger partial charge in [-0.25, -0.2) is 0 Å². The minimum atomic E-state index is 0. The molecule has 0 spiro atoms. The highest BCUT2D eigenvalue weighted by Gasteiger charge is 2.23. The Morgan fingerprint density at radius 1 is 1.05 bits per heavy atom. The summed E-state index contributed by atoms with van der Waals surface area (Å²) in [5.74, 6) is 0.803. The lowest BCUT2D eigenvalue weighted by Gasteiger charge is -2.24. The molecule has 6 heteroatoms. The molecule has 110 valence electrons. The number of nitrogens with zero attached hydrogens (tertiary/aromatic N) is 1. The molecule has 0 aromatic heterocycles. The van der Waals surface area contributed by atoms with Gasteiger partial charge in [0.2, 0.25) is 5.91 Å². The standard InChI is InChI=1S/C13H24N4O.HI/c1-14-13(17-10-5-3-2-4-6-10)15-9-12(18)16-11-7-8-11;/h10-11H,2-9H2,1H3,(H,16,18)(H2,14,15,17);1H. The summed E-state index contributed by atoms with van der Waals surface area (Å²) < 4.78 is 0. The lowest BCUT2D eigenvalue weighted by Crippen LogP contribution is -2.47. The average Bonchev–Trinajstić information content (AvgIpc) is 3.19. The van der Waals surface area contributed by atoms with Gasteiger partial charge in [0.25, 0.3) is 0 Å². The molecule has 2 fully saturated rings. The molecule has 19 heavy (non-hydrogen) atoms. The van der Waals surface area contributed by atoms with Gasteiger partial charge in [-0.05, 0) is 25.7 Å². The molecule has 0 aromatic rings. The number of nitrogens with one attached hydrogen (secondary N) is 3. The average molecular weight is 380 g/mol. The molecule has 0 bridgehead atoms. The van der Waals surface area contributed by atoms with E-state index >= 15 is 0 Å². The van der Waals surface area contributed by atoms with Crippen LogP contribution in [0.4, 0.5) is 0 Å². The Bertz CT molecular complexity index is 312. The Morgan fingerprint density at radius 3 is 2.26 bits per heavy atom. The van der Waals surface area contributed by atoms with Crippen molar-refractivity contribution in [3.63, 3.8) is 0 Å². The Kier molecular flexibility index (Phi) is 7.48. The predicted octanol–water partition coefficient (Wildman–Crippen LogP) is 1.38. The first-order valence-electron chi connectivity index (χ1n) is 7.04. The molecule has 2 aliphatic carbocycles. The Hall–Kier alpha value is -0.530. The van der Waals surface area contributed by atoms with Crippen molar-refractivity contribution in [2.45, 2.75) is 57.0 Å². The van der Waals surface area contributed by atoms with Crippen LogP contribution in [0.25, 0.3) is 0 Å². The summed E-state index contributed by atoms with van der Waals surface area (Å²) in [5.41, 5.74) is 0. The molecule has 2 rings (SSSR count). The molecular weight excluding hydrogens is 355 g/mol. The van der Waals surface area contributed by atoms with Crippen LogP contribution in [0.5, 0.6) is 0 Å². The molecule has 0 unspecified atom stereocenters. The van der Waals surface area contributed by atoms with Crippen LogP contribution in [0.1, 0.15) is 44.9 Å². The van der Waals surface area contributed by atoms with Crippen molar-refractivity contribution in [2.75, 3.05) is 13.6 Å². The number of aliphatic imine (C=N–C) groups is 1. The Labute approximate surface area is 132 Å². The quantitative estimate of drug-likeness (QED) is 0.392. The van der Waals surface area contributed by atoms with Crippen LogP contribution in [0.2, 0.25) is 0 Å². The van der Waals surface area contributed by atoms with E-state index in [0.29, 0.717) is 18.6 Å². The van der Waals surface area contributed by atoms with E-state index in [1.807, 2.05) is 0 Å². The second-order valence-electron chi connectivity index (χ2n) is 5.25. The van der Waals surface area contributed by atoms with Crippen molar-refractivity contribution in [3.05, 3.63) is 0 Å². The Balaban J connectivity index is 0.00000180. The van der Waals surface area contributed by atoms with E-state index in [4.69, 9.17) is 0 Å². The number of carbonyl (C=O) groups is 1. The van der Waals surface area contributed by atoms with Gasteiger partial charge in [-0.15, -0.1) is 24.0 Å². The minimum absolute atomic E-state index is 0. The van der Waals surface area contributed by atoms with Crippen LogP contribution in [0.15, 0.2) is 4.99 Å². The molecule has 1 amide bonds. The number of halogens is 1. The third-order valence-corrected chi connectivity index (χ3v) is 3.53. The zero-order valence-corrected chi connectivity index (χ0v) is 13.9. The van der Waals surface area contributed by atoms with Gasteiger partial charge in [0, 0.05) is 19.1 Å². The second-order valence-corrected chi connectivity index (χ2v) is 5.25. The van der Waals surface area contributed by atoms with Crippen LogP contribution in [0, 0.1) is 0 Å². The monoisotopic (exact) mass is 380 g/mol. The number of rotatable bonds is 4. The van der Waals surface area contributed by atoms with Gasteiger partial charge in [-0.1, -0.05) is 19.3 Å². The van der Waals surface area contributed by atoms with Gasteiger partial charge in [0.1, 0.15) is 0 Å². The molecule has 0 saturated heterocycles. The van der Waals surface area contributed by atoms with E-state index < -0.39 is 0 Å². The summed E-state index contributed by atoms with van der Waals surface area (Å²) >= 11 is 0. The molecule has 0 radical (unpaired) electrons. The number of guanidine groups is 1. The SMILES string of the molecule is CN=C(NCC(=O)NC1CC1)NC1CCCCC1.I. The highest BCUT2D eigenvalue weighted by molar-refractivity contribution is 14.0. The highest BCUT2D eigenvalue weighted by Crippen LogP contribution is 2.18. The zero-order chi connectivity index (χ0) is 12.8. The molecule has 2 aliphatic rings. The molecule has 0 aliphatic heterocycles. The summed E-state index contributed by atoms with van der Waals surface area (Å²) in [5, 5.41) is 9.42. The summed E-state index contributed by atoms with van der Waals surface area (Å²) in [4.78, 5) is 15.7. The van der Waals surface area contributed by atoms with E-state index in [9.17, 15) is 4.79 Å². The summed E-state index contributed by atoms with van der Waals surface area (Å²) in [6.07, 6.45) is 8.58. The van der Waals surface area contributed by atoms with Crippen molar-refractivity contribution in [2.24, 2.45) is 4.99 Å². The van der Waals surface area contributed by atoms with Crippen molar-refractivity contribution >= 4 is 35.8 Å². The van der Waals surface area contributed by atoms with Crippen molar-refractivity contribution in [1.82, 2.24) is 16.0 Å². The first-order valence-corrected chi connectivity index (χ1v) is 7.04. The van der Waals surface area contributed by atoms with Crippen molar-refractivity contribution < 1.29 is 4.79 Å². The lowest BCUT2D eigenvalue weighted by atomic mass is 9.96. The van der Waals surface area contributed by atoms with E-state index in [0.717, 1.165) is 18.8 Å². The maximum Gasteiger partial charge on any atom is 0.239 e.